The SMILES string of the molecule is O=C(CCN1C(=O)/C(=C/c2cccc(F)c2)SC1=S)Nc1ccccc1[N+](=O)[O-]. The second-order valence-corrected chi connectivity index (χ2v) is 7.64. The van der Waals surface area contributed by atoms with Gasteiger partial charge in [-0.3, -0.25) is 24.6 Å². The molecule has 1 saturated heterocycles. The zero-order valence-corrected chi connectivity index (χ0v) is 16.5. The molecule has 0 radical (unpaired) electrons. The van der Waals surface area contributed by atoms with E-state index in [4.69, 9.17) is 12.2 Å². The van der Waals surface area contributed by atoms with E-state index in [0.29, 0.717) is 10.5 Å². The topological polar surface area (TPSA) is 92.6 Å². The lowest BCUT2D eigenvalue weighted by molar-refractivity contribution is -0.383. The van der Waals surface area contributed by atoms with Gasteiger partial charge in [0.1, 0.15) is 15.8 Å². The van der Waals surface area contributed by atoms with Crippen LogP contribution in [0.3, 0.4) is 0 Å². The van der Waals surface area contributed by atoms with E-state index >= 15 is 0 Å². The van der Waals surface area contributed by atoms with Gasteiger partial charge >= 0.3 is 0 Å². The highest BCUT2D eigenvalue weighted by Crippen LogP contribution is 2.32. The van der Waals surface area contributed by atoms with Crippen molar-refractivity contribution >= 4 is 57.6 Å². The molecule has 148 valence electrons. The molecule has 2 aromatic carbocycles. The van der Waals surface area contributed by atoms with Gasteiger partial charge in [0.25, 0.3) is 11.6 Å². The molecule has 3 rings (SSSR count). The van der Waals surface area contributed by atoms with E-state index in [9.17, 15) is 24.1 Å². The van der Waals surface area contributed by atoms with Crippen molar-refractivity contribution in [1.82, 2.24) is 4.90 Å². The van der Waals surface area contributed by atoms with Crippen molar-refractivity contribution < 1.29 is 18.9 Å². The fraction of sp³-hybridized carbons (Fsp3) is 0.105. The van der Waals surface area contributed by atoms with Gasteiger partial charge in [-0.15, -0.1) is 0 Å². The minimum absolute atomic E-state index is 0.0254. The molecule has 0 saturated carbocycles. The Balaban J connectivity index is 1.64. The molecule has 29 heavy (non-hydrogen) atoms. The predicted molar refractivity (Wildman–Crippen MR) is 113 cm³/mol. The van der Waals surface area contributed by atoms with Crippen molar-refractivity contribution in [2.24, 2.45) is 0 Å². The van der Waals surface area contributed by atoms with Crippen molar-refractivity contribution in [3.05, 3.63) is 74.9 Å². The first-order chi connectivity index (χ1) is 13.8. The van der Waals surface area contributed by atoms with E-state index in [1.54, 1.807) is 12.1 Å². The number of thiocarbonyl (C=S) groups is 1. The number of carbonyl (C=O) groups excluding carboxylic acids is 2. The standard InChI is InChI=1S/C19H14FN3O4S2/c20-13-5-3-4-12(10-13)11-16-18(25)22(19(28)29-16)9-8-17(24)21-14-6-1-2-7-15(14)23(26)27/h1-7,10-11H,8-9H2,(H,21,24)/b16-11-. The zero-order chi connectivity index (χ0) is 21.0. The van der Waals surface area contributed by atoms with Crippen LogP contribution in [0.1, 0.15) is 12.0 Å². The van der Waals surface area contributed by atoms with Gasteiger partial charge in [-0.05, 0) is 29.8 Å². The number of nitrogens with zero attached hydrogens (tertiary/aromatic N) is 2. The number of nitro groups is 1. The molecule has 1 N–H and O–H groups in total. The summed E-state index contributed by atoms with van der Waals surface area (Å²) in [5.41, 5.74) is 0.392. The van der Waals surface area contributed by atoms with Gasteiger partial charge in [-0.1, -0.05) is 48.2 Å². The first-order valence-corrected chi connectivity index (χ1v) is 9.62. The minimum Gasteiger partial charge on any atom is -0.320 e. The Morgan fingerprint density at radius 2 is 2.03 bits per heavy atom. The number of hydrogen-bond donors (Lipinski definition) is 1. The van der Waals surface area contributed by atoms with Crippen LogP contribution in [-0.2, 0) is 9.59 Å². The van der Waals surface area contributed by atoms with E-state index in [2.05, 4.69) is 5.32 Å². The molecule has 0 unspecified atom stereocenters. The van der Waals surface area contributed by atoms with Gasteiger partial charge in [0.05, 0.1) is 9.83 Å². The molecule has 1 aliphatic rings. The maximum absolute atomic E-state index is 13.3. The van der Waals surface area contributed by atoms with Crippen LogP contribution in [0.15, 0.2) is 53.4 Å². The van der Waals surface area contributed by atoms with Crippen molar-refractivity contribution in [3.63, 3.8) is 0 Å². The summed E-state index contributed by atoms with van der Waals surface area (Å²) < 4.78 is 13.6. The number of amides is 2. The molecular weight excluding hydrogens is 417 g/mol. The van der Waals surface area contributed by atoms with Crippen LogP contribution in [0.5, 0.6) is 0 Å². The summed E-state index contributed by atoms with van der Waals surface area (Å²) >= 11 is 6.28. The van der Waals surface area contributed by atoms with Gasteiger partial charge in [-0.2, -0.15) is 0 Å². The van der Waals surface area contributed by atoms with Gasteiger partial charge in [0.2, 0.25) is 5.91 Å². The van der Waals surface area contributed by atoms with Crippen LogP contribution >= 0.6 is 24.0 Å². The third kappa shape index (κ3) is 5.04. The summed E-state index contributed by atoms with van der Waals surface area (Å²) in [4.78, 5) is 36.8. The monoisotopic (exact) mass is 431 g/mol. The lowest BCUT2D eigenvalue weighted by Gasteiger charge is -2.14. The van der Waals surface area contributed by atoms with E-state index in [1.165, 1.54) is 47.4 Å². The average Bonchev–Trinajstić information content (AvgIpc) is 2.93. The third-order valence-corrected chi connectivity index (χ3v) is 5.34. The summed E-state index contributed by atoms with van der Waals surface area (Å²) in [7, 11) is 0. The summed E-state index contributed by atoms with van der Waals surface area (Å²) in [6.07, 6.45) is 1.45. The number of nitro benzene ring substituents is 1. The Bertz CT molecular complexity index is 1040. The summed E-state index contributed by atoms with van der Waals surface area (Å²) in [6.45, 7) is 0.0254. The van der Waals surface area contributed by atoms with Crippen LogP contribution in [0.2, 0.25) is 0 Å². The summed E-state index contributed by atoms with van der Waals surface area (Å²) in [5.74, 6) is -1.27. The van der Waals surface area contributed by atoms with E-state index in [0.717, 1.165) is 11.8 Å². The number of hydrogen-bond acceptors (Lipinski definition) is 6. The molecule has 2 amide bonds. The second kappa shape index (κ2) is 8.93. The number of para-hydroxylation sites is 2. The predicted octanol–water partition coefficient (Wildman–Crippen LogP) is 3.96. The fourth-order valence-corrected chi connectivity index (χ4v) is 3.91. The molecule has 1 aliphatic heterocycles. The molecule has 0 aromatic heterocycles. The van der Waals surface area contributed by atoms with Gasteiger partial charge in [0.15, 0.2) is 0 Å². The number of rotatable bonds is 6. The molecule has 7 nitrogen and oxygen atoms in total. The first-order valence-electron chi connectivity index (χ1n) is 8.39. The summed E-state index contributed by atoms with van der Waals surface area (Å²) in [5, 5.41) is 13.5. The molecule has 0 bridgehead atoms. The van der Waals surface area contributed by atoms with Crippen LogP contribution in [0.4, 0.5) is 15.8 Å². The van der Waals surface area contributed by atoms with Gasteiger partial charge in [-0.25, -0.2) is 4.39 Å². The molecule has 2 aromatic rings. The maximum atomic E-state index is 13.3. The Kier molecular flexibility index (Phi) is 6.35. The normalized spacial score (nSPS) is 15.1. The number of nitrogens with one attached hydrogen (secondary N) is 1. The van der Waals surface area contributed by atoms with E-state index in [-0.39, 0.29) is 34.6 Å². The van der Waals surface area contributed by atoms with Crippen LogP contribution in [0, 0.1) is 15.9 Å². The average molecular weight is 431 g/mol. The highest BCUT2D eigenvalue weighted by atomic mass is 32.2. The van der Waals surface area contributed by atoms with Crippen LogP contribution < -0.4 is 5.32 Å². The molecule has 0 aliphatic carbocycles. The number of anilines is 1. The quantitative estimate of drug-likeness (QED) is 0.322. The highest BCUT2D eigenvalue weighted by molar-refractivity contribution is 8.26. The lowest BCUT2D eigenvalue weighted by atomic mass is 10.2. The maximum Gasteiger partial charge on any atom is 0.292 e. The van der Waals surface area contributed by atoms with Gasteiger partial charge < -0.3 is 5.32 Å². The Morgan fingerprint density at radius 3 is 2.76 bits per heavy atom. The minimum atomic E-state index is -0.588. The highest BCUT2D eigenvalue weighted by Gasteiger charge is 2.32. The van der Waals surface area contributed by atoms with Crippen LogP contribution in [-0.4, -0.2) is 32.5 Å². The molecule has 1 fully saturated rings. The number of thioether (sulfide) groups is 1. The second-order valence-electron chi connectivity index (χ2n) is 5.96. The number of halogens is 1. The van der Waals surface area contributed by atoms with Crippen molar-refractivity contribution in [2.45, 2.75) is 6.42 Å². The van der Waals surface area contributed by atoms with Gasteiger partial charge in [0, 0.05) is 19.0 Å². The first kappa shape index (κ1) is 20.6. The molecular formula is C19H14FN3O4S2. The molecule has 10 heteroatoms. The fourth-order valence-electron chi connectivity index (χ4n) is 2.61. The molecule has 0 atom stereocenters. The molecule has 1 heterocycles. The van der Waals surface area contributed by atoms with Crippen LogP contribution in [0.25, 0.3) is 6.08 Å². The van der Waals surface area contributed by atoms with Crippen molar-refractivity contribution in [3.8, 4) is 0 Å². The van der Waals surface area contributed by atoms with Crippen molar-refractivity contribution in [2.75, 3.05) is 11.9 Å². The molecule has 0 spiro atoms. The summed E-state index contributed by atoms with van der Waals surface area (Å²) in [6, 6.07) is 11.6. The zero-order valence-electron chi connectivity index (χ0n) is 14.8. The Morgan fingerprint density at radius 1 is 1.28 bits per heavy atom. The Labute approximate surface area is 174 Å². The number of benzene rings is 2. The largest absolute Gasteiger partial charge is 0.320 e. The van der Waals surface area contributed by atoms with E-state index in [1.807, 2.05) is 0 Å². The lowest BCUT2D eigenvalue weighted by Crippen LogP contribution is -2.31. The van der Waals surface area contributed by atoms with E-state index < -0.39 is 16.6 Å². The Hall–Kier alpha value is -3.11. The smallest absolute Gasteiger partial charge is 0.292 e. The van der Waals surface area contributed by atoms with Crippen molar-refractivity contribution in [1.29, 1.82) is 0 Å². The third-order valence-electron chi connectivity index (χ3n) is 3.96. The number of carbonyl (C=O) groups is 2.